The first-order valence-corrected chi connectivity index (χ1v) is 5.15. The lowest BCUT2D eigenvalue weighted by molar-refractivity contribution is -0.178. The Morgan fingerprint density at radius 1 is 1.56 bits per heavy atom. The average molecular weight is 222 g/mol. The van der Waals surface area contributed by atoms with Crippen molar-refractivity contribution in [1.82, 2.24) is 10.3 Å². The van der Waals surface area contributed by atoms with Gasteiger partial charge in [0.1, 0.15) is 5.41 Å². The smallest absolute Gasteiger partial charge is 0.315 e. The fraction of sp³-hybridized carbons (Fsp3) is 0.455. The number of aliphatic carboxylic acids is 1. The molecule has 86 valence electrons. The van der Waals surface area contributed by atoms with Crippen molar-refractivity contribution in [2.45, 2.75) is 6.54 Å². The molecule has 5 heteroatoms. The zero-order chi connectivity index (χ0) is 11.4. The molecule has 1 aromatic rings. The number of ether oxygens (including phenoxy) is 1. The van der Waals surface area contributed by atoms with Crippen molar-refractivity contribution in [3.05, 3.63) is 30.1 Å². The maximum absolute atomic E-state index is 11.0. The lowest BCUT2D eigenvalue weighted by Gasteiger charge is -2.37. The summed E-state index contributed by atoms with van der Waals surface area (Å²) in [6.45, 7) is 1.57. The predicted molar refractivity (Wildman–Crippen MR) is 56.8 cm³/mol. The average Bonchev–Trinajstić information content (AvgIpc) is 2.23. The van der Waals surface area contributed by atoms with Gasteiger partial charge in [0.2, 0.25) is 0 Å². The quantitative estimate of drug-likeness (QED) is 0.748. The summed E-state index contributed by atoms with van der Waals surface area (Å²) in [5.41, 5.74) is 0.165. The molecule has 16 heavy (non-hydrogen) atoms. The Morgan fingerprint density at radius 2 is 2.38 bits per heavy atom. The van der Waals surface area contributed by atoms with Gasteiger partial charge < -0.3 is 15.2 Å². The Bertz CT molecular complexity index is 363. The van der Waals surface area contributed by atoms with Gasteiger partial charge in [0.15, 0.2) is 0 Å². The normalized spacial score (nSPS) is 17.8. The predicted octanol–water partition coefficient (Wildman–Crippen LogP) is 0.272. The molecule has 0 unspecified atom stereocenters. The van der Waals surface area contributed by atoms with E-state index in [1.165, 1.54) is 0 Å². The molecule has 0 aliphatic carbocycles. The van der Waals surface area contributed by atoms with Gasteiger partial charge in [-0.05, 0) is 12.1 Å². The second-order valence-electron chi connectivity index (χ2n) is 4.00. The van der Waals surface area contributed by atoms with Crippen molar-refractivity contribution < 1.29 is 14.6 Å². The van der Waals surface area contributed by atoms with Crippen LogP contribution in [0.4, 0.5) is 0 Å². The van der Waals surface area contributed by atoms with Crippen LogP contribution in [0.25, 0.3) is 0 Å². The number of carboxylic acids is 1. The highest BCUT2D eigenvalue weighted by molar-refractivity contribution is 5.76. The number of aromatic nitrogens is 1. The van der Waals surface area contributed by atoms with Crippen LogP contribution < -0.4 is 5.32 Å². The van der Waals surface area contributed by atoms with Crippen LogP contribution in [0.1, 0.15) is 5.69 Å². The van der Waals surface area contributed by atoms with E-state index in [9.17, 15) is 4.79 Å². The number of hydrogen-bond acceptors (Lipinski definition) is 4. The summed E-state index contributed by atoms with van der Waals surface area (Å²) in [5.74, 6) is -0.799. The molecule has 0 atom stereocenters. The summed E-state index contributed by atoms with van der Waals surface area (Å²) in [7, 11) is 0. The van der Waals surface area contributed by atoms with Crippen molar-refractivity contribution in [3.63, 3.8) is 0 Å². The minimum absolute atomic E-state index is 0.289. The Labute approximate surface area is 93.5 Å². The van der Waals surface area contributed by atoms with Crippen LogP contribution in [0, 0.1) is 5.41 Å². The van der Waals surface area contributed by atoms with Gasteiger partial charge >= 0.3 is 5.97 Å². The molecule has 0 spiro atoms. The van der Waals surface area contributed by atoms with E-state index in [1.807, 2.05) is 18.2 Å². The largest absolute Gasteiger partial charge is 0.481 e. The number of carboxylic acid groups (broad SMARTS) is 1. The first kappa shape index (κ1) is 11.0. The van der Waals surface area contributed by atoms with Gasteiger partial charge in [-0.25, -0.2) is 0 Å². The van der Waals surface area contributed by atoms with Crippen molar-refractivity contribution >= 4 is 5.97 Å². The second-order valence-corrected chi connectivity index (χ2v) is 4.00. The van der Waals surface area contributed by atoms with Gasteiger partial charge in [0.25, 0.3) is 0 Å². The van der Waals surface area contributed by atoms with Crippen molar-refractivity contribution in [2.24, 2.45) is 5.41 Å². The molecular formula is C11H14N2O3. The maximum atomic E-state index is 11.0. The highest BCUT2D eigenvalue weighted by Gasteiger charge is 2.45. The van der Waals surface area contributed by atoms with Gasteiger partial charge in [0, 0.05) is 19.3 Å². The SMILES string of the molecule is O=C(O)C1(CNCc2ccccn2)COC1. The Balaban J connectivity index is 1.82. The van der Waals surface area contributed by atoms with Crippen molar-refractivity contribution in [2.75, 3.05) is 19.8 Å². The third-order valence-corrected chi connectivity index (χ3v) is 2.71. The van der Waals surface area contributed by atoms with Crippen LogP contribution >= 0.6 is 0 Å². The van der Waals surface area contributed by atoms with Gasteiger partial charge in [-0.15, -0.1) is 0 Å². The summed E-state index contributed by atoms with van der Waals surface area (Å²) < 4.78 is 4.97. The highest BCUT2D eigenvalue weighted by atomic mass is 16.5. The van der Waals surface area contributed by atoms with E-state index < -0.39 is 11.4 Å². The Morgan fingerprint density at radius 3 is 2.88 bits per heavy atom. The number of rotatable bonds is 5. The lowest BCUT2D eigenvalue weighted by atomic mass is 9.86. The lowest BCUT2D eigenvalue weighted by Crippen LogP contribution is -2.55. The molecule has 0 saturated carbocycles. The first-order valence-electron chi connectivity index (χ1n) is 5.15. The number of carbonyl (C=O) groups is 1. The van der Waals surface area contributed by atoms with E-state index >= 15 is 0 Å². The van der Waals surface area contributed by atoms with Gasteiger partial charge in [-0.2, -0.15) is 0 Å². The molecular weight excluding hydrogens is 208 g/mol. The molecule has 1 aliphatic rings. The molecule has 1 fully saturated rings. The standard InChI is InChI=1S/C11H14N2O3/c14-10(15)11(7-16-8-11)6-12-5-9-3-1-2-4-13-9/h1-4,12H,5-8H2,(H,14,15). The zero-order valence-electron chi connectivity index (χ0n) is 8.85. The minimum atomic E-state index is -0.799. The summed E-state index contributed by atoms with van der Waals surface area (Å²) in [4.78, 5) is 15.2. The summed E-state index contributed by atoms with van der Waals surface area (Å²) in [6.07, 6.45) is 1.72. The van der Waals surface area contributed by atoms with E-state index in [1.54, 1.807) is 6.20 Å². The van der Waals surface area contributed by atoms with Crippen LogP contribution in [0.5, 0.6) is 0 Å². The molecule has 0 aromatic carbocycles. The van der Waals surface area contributed by atoms with Crippen LogP contribution in [0.2, 0.25) is 0 Å². The number of hydrogen-bond donors (Lipinski definition) is 2. The molecule has 0 radical (unpaired) electrons. The fourth-order valence-electron chi connectivity index (χ4n) is 1.58. The number of nitrogens with zero attached hydrogens (tertiary/aromatic N) is 1. The topological polar surface area (TPSA) is 71.5 Å². The fourth-order valence-corrected chi connectivity index (χ4v) is 1.58. The molecule has 2 rings (SSSR count). The van der Waals surface area contributed by atoms with E-state index in [0.717, 1.165) is 5.69 Å². The van der Waals surface area contributed by atoms with Crippen LogP contribution in [0.15, 0.2) is 24.4 Å². The van der Waals surface area contributed by atoms with Gasteiger partial charge in [0.05, 0.1) is 18.9 Å². The summed E-state index contributed by atoms with van der Waals surface area (Å²) in [6, 6.07) is 5.66. The van der Waals surface area contributed by atoms with E-state index in [0.29, 0.717) is 13.1 Å². The molecule has 0 bridgehead atoms. The first-order chi connectivity index (χ1) is 7.73. The molecule has 2 N–H and O–H groups in total. The third-order valence-electron chi connectivity index (χ3n) is 2.71. The van der Waals surface area contributed by atoms with E-state index in [-0.39, 0.29) is 13.2 Å². The zero-order valence-corrected chi connectivity index (χ0v) is 8.85. The monoisotopic (exact) mass is 222 g/mol. The minimum Gasteiger partial charge on any atom is -0.481 e. The van der Waals surface area contributed by atoms with Crippen molar-refractivity contribution in [1.29, 1.82) is 0 Å². The van der Waals surface area contributed by atoms with Crippen LogP contribution in [-0.4, -0.2) is 35.8 Å². The van der Waals surface area contributed by atoms with Crippen LogP contribution in [-0.2, 0) is 16.1 Å². The maximum Gasteiger partial charge on any atom is 0.315 e. The molecule has 2 heterocycles. The van der Waals surface area contributed by atoms with E-state index in [4.69, 9.17) is 9.84 Å². The second kappa shape index (κ2) is 4.59. The molecule has 1 aliphatic heterocycles. The van der Waals surface area contributed by atoms with Gasteiger partial charge in [-0.3, -0.25) is 9.78 Å². The van der Waals surface area contributed by atoms with Crippen LogP contribution in [0.3, 0.4) is 0 Å². The van der Waals surface area contributed by atoms with E-state index in [2.05, 4.69) is 10.3 Å². The third kappa shape index (κ3) is 2.20. The molecule has 0 amide bonds. The molecule has 5 nitrogen and oxygen atoms in total. The Hall–Kier alpha value is -1.46. The Kier molecular flexibility index (Phi) is 3.17. The van der Waals surface area contributed by atoms with Gasteiger partial charge in [-0.1, -0.05) is 6.07 Å². The number of pyridine rings is 1. The highest BCUT2D eigenvalue weighted by Crippen LogP contribution is 2.26. The number of nitrogens with one attached hydrogen (secondary N) is 1. The molecule has 1 aromatic heterocycles. The summed E-state index contributed by atoms with van der Waals surface area (Å²) in [5, 5.41) is 12.1. The summed E-state index contributed by atoms with van der Waals surface area (Å²) >= 11 is 0. The van der Waals surface area contributed by atoms with Crippen molar-refractivity contribution in [3.8, 4) is 0 Å². The molecule has 1 saturated heterocycles.